The first-order valence-corrected chi connectivity index (χ1v) is 6.76. The van der Waals surface area contributed by atoms with Crippen LogP contribution in [-0.2, 0) is 11.3 Å². The van der Waals surface area contributed by atoms with E-state index >= 15 is 0 Å². The van der Waals surface area contributed by atoms with Gasteiger partial charge in [-0.3, -0.25) is 9.48 Å². The number of carbonyl (C=O) groups is 1. The number of rotatable bonds is 6. The van der Waals surface area contributed by atoms with Crippen molar-refractivity contribution >= 4 is 11.6 Å². The summed E-state index contributed by atoms with van der Waals surface area (Å²) in [6, 6.07) is 9.70. The quantitative estimate of drug-likeness (QED) is 0.843. The van der Waals surface area contributed by atoms with Gasteiger partial charge in [-0.15, -0.1) is 0 Å². The molecule has 5 nitrogen and oxygen atoms in total. The Morgan fingerprint density at radius 3 is 2.75 bits per heavy atom. The van der Waals surface area contributed by atoms with Crippen LogP contribution in [0, 0.1) is 5.92 Å². The van der Waals surface area contributed by atoms with Gasteiger partial charge in [0.25, 0.3) is 0 Å². The van der Waals surface area contributed by atoms with E-state index in [9.17, 15) is 4.79 Å². The maximum Gasteiger partial charge on any atom is 0.227 e. The molecule has 0 fully saturated rings. The molecular formula is C15H20N4O. The summed E-state index contributed by atoms with van der Waals surface area (Å²) in [5.41, 5.74) is 7.41. The van der Waals surface area contributed by atoms with Gasteiger partial charge in [0, 0.05) is 24.0 Å². The predicted molar refractivity (Wildman–Crippen MR) is 79.2 cm³/mol. The highest BCUT2D eigenvalue weighted by Gasteiger charge is 2.11. The first kappa shape index (κ1) is 14.3. The number of nitrogens with two attached hydrogens (primary N) is 1. The number of aromatic nitrogens is 2. The maximum atomic E-state index is 11.9. The number of nitrogens with zero attached hydrogens (tertiary/aromatic N) is 2. The molecule has 1 unspecified atom stereocenters. The van der Waals surface area contributed by atoms with E-state index in [4.69, 9.17) is 5.73 Å². The van der Waals surface area contributed by atoms with Crippen LogP contribution in [0.1, 0.15) is 18.9 Å². The molecule has 0 bridgehead atoms. The Bertz CT molecular complexity index is 534. The zero-order valence-corrected chi connectivity index (χ0v) is 11.6. The van der Waals surface area contributed by atoms with Crippen molar-refractivity contribution in [3.05, 3.63) is 48.3 Å². The molecule has 1 amide bonds. The van der Waals surface area contributed by atoms with E-state index in [2.05, 4.69) is 10.4 Å². The first-order chi connectivity index (χ1) is 9.69. The molecule has 1 aromatic heterocycles. The van der Waals surface area contributed by atoms with Crippen molar-refractivity contribution in [2.45, 2.75) is 19.9 Å². The summed E-state index contributed by atoms with van der Waals surface area (Å²) >= 11 is 0. The summed E-state index contributed by atoms with van der Waals surface area (Å²) < 4.78 is 1.86. The van der Waals surface area contributed by atoms with Crippen molar-refractivity contribution < 1.29 is 4.79 Å². The highest BCUT2D eigenvalue weighted by atomic mass is 16.1. The number of amides is 1. The van der Waals surface area contributed by atoms with E-state index in [1.54, 1.807) is 6.20 Å². The lowest BCUT2D eigenvalue weighted by Crippen LogP contribution is -2.22. The Morgan fingerprint density at radius 2 is 2.15 bits per heavy atom. The van der Waals surface area contributed by atoms with Gasteiger partial charge in [0.05, 0.1) is 6.54 Å². The van der Waals surface area contributed by atoms with Crippen LogP contribution in [0.4, 0.5) is 5.69 Å². The van der Waals surface area contributed by atoms with Crippen LogP contribution >= 0.6 is 0 Å². The van der Waals surface area contributed by atoms with Crippen molar-refractivity contribution in [3.63, 3.8) is 0 Å². The van der Waals surface area contributed by atoms with Gasteiger partial charge in [0.15, 0.2) is 0 Å². The van der Waals surface area contributed by atoms with Gasteiger partial charge in [0.1, 0.15) is 0 Å². The summed E-state index contributed by atoms with van der Waals surface area (Å²) in [4.78, 5) is 11.9. The van der Waals surface area contributed by atoms with Gasteiger partial charge in [-0.25, -0.2) is 0 Å². The lowest BCUT2D eigenvalue weighted by Gasteiger charge is -2.11. The topological polar surface area (TPSA) is 72.9 Å². The molecule has 0 spiro atoms. The molecule has 0 aliphatic heterocycles. The minimum absolute atomic E-state index is 0.00952. The summed E-state index contributed by atoms with van der Waals surface area (Å²) in [5, 5.41) is 7.06. The molecule has 0 aliphatic carbocycles. The van der Waals surface area contributed by atoms with Crippen LogP contribution in [-0.4, -0.2) is 22.2 Å². The lowest BCUT2D eigenvalue weighted by atomic mass is 10.1. The van der Waals surface area contributed by atoms with Crippen molar-refractivity contribution in [2.24, 2.45) is 11.7 Å². The number of nitrogens with one attached hydrogen (secondary N) is 1. The van der Waals surface area contributed by atoms with Crippen molar-refractivity contribution in [1.82, 2.24) is 9.78 Å². The summed E-state index contributed by atoms with van der Waals surface area (Å²) in [6.07, 6.45) is 4.38. The fraction of sp³-hybridized carbons (Fsp3) is 0.333. The molecule has 1 heterocycles. The molecule has 1 atom stereocenters. The van der Waals surface area contributed by atoms with Gasteiger partial charge >= 0.3 is 0 Å². The Morgan fingerprint density at radius 1 is 1.40 bits per heavy atom. The number of anilines is 1. The van der Waals surface area contributed by atoms with Gasteiger partial charge in [-0.2, -0.15) is 5.10 Å². The van der Waals surface area contributed by atoms with E-state index in [0.29, 0.717) is 13.0 Å². The molecule has 3 N–H and O–H groups in total. The number of carbonyl (C=O) groups excluding carboxylic acids is 1. The van der Waals surface area contributed by atoms with Crippen molar-refractivity contribution in [3.8, 4) is 0 Å². The van der Waals surface area contributed by atoms with Crippen molar-refractivity contribution in [1.29, 1.82) is 0 Å². The summed E-state index contributed by atoms with van der Waals surface area (Å²) in [6.45, 7) is 3.14. The number of hydrogen-bond acceptors (Lipinski definition) is 3. The number of hydrogen-bond donors (Lipinski definition) is 2. The molecule has 0 aliphatic rings. The van der Waals surface area contributed by atoms with Crippen molar-refractivity contribution in [2.75, 3.05) is 11.9 Å². The standard InChI is InChI=1S/C15H20N4O/c1-12(7-8-16)15(20)18-14-5-3-13(4-6-14)11-19-10-2-9-17-19/h2-6,9-10,12H,7-8,11,16H2,1H3,(H,18,20). The SMILES string of the molecule is CC(CCN)C(=O)Nc1ccc(Cn2cccn2)cc1. The Kier molecular flexibility index (Phi) is 4.90. The molecule has 1 aromatic carbocycles. The summed E-state index contributed by atoms with van der Waals surface area (Å²) in [5.74, 6) is -0.0565. The predicted octanol–water partition coefficient (Wildman–Crippen LogP) is 1.85. The first-order valence-electron chi connectivity index (χ1n) is 6.76. The molecule has 2 rings (SSSR count). The molecular weight excluding hydrogens is 252 g/mol. The number of benzene rings is 1. The molecule has 20 heavy (non-hydrogen) atoms. The van der Waals surface area contributed by atoms with Crippen LogP contribution in [0.5, 0.6) is 0 Å². The van der Waals surface area contributed by atoms with Crippen LogP contribution < -0.4 is 11.1 Å². The van der Waals surface area contributed by atoms with E-state index in [1.165, 1.54) is 0 Å². The fourth-order valence-corrected chi connectivity index (χ4v) is 1.92. The monoisotopic (exact) mass is 272 g/mol. The lowest BCUT2D eigenvalue weighted by molar-refractivity contribution is -0.119. The highest BCUT2D eigenvalue weighted by Crippen LogP contribution is 2.12. The van der Waals surface area contributed by atoms with E-state index in [0.717, 1.165) is 17.8 Å². The Balaban J connectivity index is 1.93. The highest BCUT2D eigenvalue weighted by molar-refractivity contribution is 5.92. The van der Waals surface area contributed by atoms with Gasteiger partial charge in [0.2, 0.25) is 5.91 Å². The Labute approximate surface area is 118 Å². The second kappa shape index (κ2) is 6.86. The Hall–Kier alpha value is -2.14. The molecule has 0 saturated heterocycles. The second-order valence-corrected chi connectivity index (χ2v) is 4.87. The van der Waals surface area contributed by atoms with E-state index in [-0.39, 0.29) is 11.8 Å². The zero-order chi connectivity index (χ0) is 14.4. The fourth-order valence-electron chi connectivity index (χ4n) is 1.92. The smallest absolute Gasteiger partial charge is 0.227 e. The van der Waals surface area contributed by atoms with E-state index in [1.807, 2.05) is 48.1 Å². The normalized spacial score (nSPS) is 12.1. The molecule has 5 heteroatoms. The summed E-state index contributed by atoms with van der Waals surface area (Å²) in [7, 11) is 0. The third kappa shape index (κ3) is 3.93. The van der Waals surface area contributed by atoms with Crippen LogP contribution in [0.25, 0.3) is 0 Å². The second-order valence-electron chi connectivity index (χ2n) is 4.87. The van der Waals surface area contributed by atoms with Crippen LogP contribution in [0.15, 0.2) is 42.7 Å². The van der Waals surface area contributed by atoms with Gasteiger partial charge in [-0.1, -0.05) is 19.1 Å². The molecule has 106 valence electrons. The van der Waals surface area contributed by atoms with Crippen LogP contribution in [0.2, 0.25) is 0 Å². The third-order valence-electron chi connectivity index (χ3n) is 3.17. The van der Waals surface area contributed by atoms with Crippen LogP contribution in [0.3, 0.4) is 0 Å². The minimum atomic E-state index is -0.0660. The molecule has 2 aromatic rings. The minimum Gasteiger partial charge on any atom is -0.330 e. The van der Waals surface area contributed by atoms with Gasteiger partial charge in [-0.05, 0) is 36.7 Å². The molecule has 0 saturated carbocycles. The molecule has 0 radical (unpaired) electrons. The maximum absolute atomic E-state index is 11.9. The average molecular weight is 272 g/mol. The third-order valence-corrected chi connectivity index (χ3v) is 3.17. The largest absolute Gasteiger partial charge is 0.330 e. The average Bonchev–Trinajstić information content (AvgIpc) is 2.94. The zero-order valence-electron chi connectivity index (χ0n) is 11.6. The van der Waals surface area contributed by atoms with E-state index < -0.39 is 0 Å². The van der Waals surface area contributed by atoms with Gasteiger partial charge < -0.3 is 11.1 Å².